The largest absolute Gasteiger partial charge is 0.497 e. The lowest BCUT2D eigenvalue weighted by Crippen LogP contribution is -2.04. The number of nitrogens with zero attached hydrogens (tertiary/aromatic N) is 4. The maximum Gasteiger partial charge on any atom is 0.299 e. The molecule has 0 aliphatic rings. The average molecular weight is 479 g/mol. The van der Waals surface area contributed by atoms with Gasteiger partial charge in [-0.2, -0.15) is 4.98 Å². The number of fused-ring (bicyclic) bond motifs is 1. The molecule has 7 nitrogen and oxygen atoms in total. The Morgan fingerprint density at radius 2 is 1.91 bits per heavy atom. The van der Waals surface area contributed by atoms with Gasteiger partial charge >= 0.3 is 0 Å². The number of aromatic nitrogens is 4. The lowest BCUT2D eigenvalue weighted by Gasteiger charge is -2.08. The highest BCUT2D eigenvalue weighted by molar-refractivity contribution is 6.36. The highest BCUT2D eigenvalue weighted by atomic mass is 35.5. The summed E-state index contributed by atoms with van der Waals surface area (Å²) in [5.74, 6) is 0.155. The standard InChI is InChI=1S/C24H16Cl2N4O3/c1-32-16-9-10-19-17(12-16)20(22(26)30(19)13-14-5-7-15(25)8-6-14)21(31)24-28-23(29-33-24)18-4-2-3-11-27-18/h2-12H,13H2,1H3. The predicted octanol–water partition coefficient (Wildman–Crippen LogP) is 5.68. The molecule has 0 atom stereocenters. The second-order valence-corrected chi connectivity index (χ2v) is 8.02. The number of ketones is 1. The van der Waals surface area contributed by atoms with Gasteiger partial charge in [0.1, 0.15) is 16.6 Å². The van der Waals surface area contributed by atoms with E-state index in [9.17, 15) is 4.79 Å². The summed E-state index contributed by atoms with van der Waals surface area (Å²) in [6, 6.07) is 18.2. The Balaban J connectivity index is 1.61. The monoisotopic (exact) mass is 478 g/mol. The van der Waals surface area contributed by atoms with E-state index in [0.717, 1.165) is 11.1 Å². The van der Waals surface area contributed by atoms with Gasteiger partial charge in [0.15, 0.2) is 0 Å². The number of carbonyl (C=O) groups excluding carboxylic acids is 1. The zero-order chi connectivity index (χ0) is 22.9. The van der Waals surface area contributed by atoms with E-state index in [1.165, 1.54) is 0 Å². The molecule has 0 aliphatic heterocycles. The summed E-state index contributed by atoms with van der Waals surface area (Å²) in [6.45, 7) is 0.440. The van der Waals surface area contributed by atoms with E-state index in [4.69, 9.17) is 32.5 Å². The molecule has 3 aromatic heterocycles. The SMILES string of the molecule is COc1ccc2c(c1)c(C(=O)c1nc(-c3ccccn3)no1)c(Cl)n2Cc1ccc(Cl)cc1. The van der Waals surface area contributed by atoms with Gasteiger partial charge in [0.2, 0.25) is 5.82 Å². The van der Waals surface area contributed by atoms with Crippen LogP contribution in [0.15, 0.2) is 71.4 Å². The van der Waals surface area contributed by atoms with Gasteiger partial charge in [0.05, 0.1) is 18.2 Å². The van der Waals surface area contributed by atoms with Crippen LogP contribution >= 0.6 is 23.2 Å². The summed E-state index contributed by atoms with van der Waals surface area (Å²) >= 11 is 12.8. The Hall–Kier alpha value is -3.68. The van der Waals surface area contributed by atoms with E-state index < -0.39 is 5.78 Å². The first-order valence-corrected chi connectivity index (χ1v) is 10.7. The number of benzene rings is 2. The highest BCUT2D eigenvalue weighted by Crippen LogP contribution is 2.35. The maximum atomic E-state index is 13.5. The third kappa shape index (κ3) is 3.97. The normalized spacial score (nSPS) is 11.1. The maximum absolute atomic E-state index is 13.5. The fraction of sp³-hybridized carbons (Fsp3) is 0.0833. The molecule has 0 unspecified atom stereocenters. The van der Waals surface area contributed by atoms with Gasteiger partial charge < -0.3 is 13.8 Å². The van der Waals surface area contributed by atoms with E-state index in [-0.39, 0.29) is 22.4 Å². The van der Waals surface area contributed by atoms with Crippen LogP contribution in [0.1, 0.15) is 21.8 Å². The minimum atomic E-state index is -0.484. The van der Waals surface area contributed by atoms with Gasteiger partial charge in [-0.15, -0.1) is 0 Å². The van der Waals surface area contributed by atoms with Crippen molar-refractivity contribution in [2.45, 2.75) is 6.54 Å². The fourth-order valence-corrected chi connectivity index (χ4v) is 4.06. The van der Waals surface area contributed by atoms with Gasteiger partial charge in [0, 0.05) is 23.2 Å². The van der Waals surface area contributed by atoms with Crippen molar-refractivity contribution in [3.8, 4) is 17.3 Å². The molecule has 164 valence electrons. The van der Waals surface area contributed by atoms with Crippen LogP contribution in [0, 0.1) is 0 Å². The molecule has 0 aliphatic carbocycles. The third-order valence-electron chi connectivity index (χ3n) is 5.20. The minimum absolute atomic E-state index is 0.175. The molecule has 0 fully saturated rings. The number of rotatable bonds is 6. The summed E-state index contributed by atoms with van der Waals surface area (Å²) in [4.78, 5) is 21.9. The van der Waals surface area contributed by atoms with Crippen molar-refractivity contribution in [2.75, 3.05) is 7.11 Å². The van der Waals surface area contributed by atoms with Crippen molar-refractivity contribution in [3.63, 3.8) is 0 Å². The van der Waals surface area contributed by atoms with Crippen LogP contribution in [-0.2, 0) is 6.54 Å². The van der Waals surface area contributed by atoms with Gasteiger partial charge in [-0.1, -0.05) is 46.6 Å². The number of methoxy groups -OCH3 is 1. The van der Waals surface area contributed by atoms with Crippen molar-refractivity contribution < 1.29 is 14.1 Å². The van der Waals surface area contributed by atoms with Crippen LogP contribution in [0.4, 0.5) is 0 Å². The van der Waals surface area contributed by atoms with E-state index in [0.29, 0.717) is 28.4 Å². The zero-order valence-electron chi connectivity index (χ0n) is 17.3. The van der Waals surface area contributed by atoms with Crippen molar-refractivity contribution in [1.29, 1.82) is 0 Å². The summed E-state index contributed by atoms with van der Waals surface area (Å²) in [6.07, 6.45) is 1.61. The number of pyridine rings is 1. The molecule has 5 rings (SSSR count). The van der Waals surface area contributed by atoms with Crippen LogP contribution < -0.4 is 4.74 Å². The molecule has 0 radical (unpaired) electrons. The first-order valence-electron chi connectivity index (χ1n) is 9.95. The van der Waals surface area contributed by atoms with E-state index in [2.05, 4.69) is 15.1 Å². The van der Waals surface area contributed by atoms with E-state index in [1.54, 1.807) is 37.6 Å². The van der Waals surface area contributed by atoms with Crippen molar-refractivity contribution in [3.05, 3.63) is 94.1 Å². The molecule has 0 N–H and O–H groups in total. The molecule has 0 saturated carbocycles. The molecule has 2 aromatic carbocycles. The molecule has 3 heterocycles. The predicted molar refractivity (Wildman–Crippen MR) is 125 cm³/mol. The molecular formula is C24H16Cl2N4O3. The van der Waals surface area contributed by atoms with Crippen molar-refractivity contribution >= 4 is 39.9 Å². The van der Waals surface area contributed by atoms with Gasteiger partial charge in [-0.3, -0.25) is 9.78 Å². The fourth-order valence-electron chi connectivity index (χ4n) is 3.59. The Morgan fingerprint density at radius 3 is 2.64 bits per heavy atom. The minimum Gasteiger partial charge on any atom is -0.497 e. The lowest BCUT2D eigenvalue weighted by molar-refractivity contribution is 0.0995. The number of carbonyl (C=O) groups is 1. The van der Waals surface area contributed by atoms with E-state index in [1.807, 2.05) is 41.0 Å². The smallest absolute Gasteiger partial charge is 0.299 e. The zero-order valence-corrected chi connectivity index (χ0v) is 18.8. The summed E-state index contributed by atoms with van der Waals surface area (Å²) in [5.41, 5.74) is 2.50. The first kappa shape index (κ1) is 21.2. The van der Waals surface area contributed by atoms with Crippen LogP contribution in [0.5, 0.6) is 5.75 Å². The first-order chi connectivity index (χ1) is 16.0. The summed E-state index contributed by atoms with van der Waals surface area (Å²) in [7, 11) is 1.56. The quantitative estimate of drug-likeness (QED) is 0.292. The molecular weight excluding hydrogens is 463 g/mol. The average Bonchev–Trinajstić information content (AvgIpc) is 3.44. The molecule has 0 amide bonds. The third-order valence-corrected chi connectivity index (χ3v) is 5.85. The Kier molecular flexibility index (Phi) is 5.58. The lowest BCUT2D eigenvalue weighted by atomic mass is 10.1. The second-order valence-electron chi connectivity index (χ2n) is 7.23. The van der Waals surface area contributed by atoms with Crippen LogP contribution in [0.2, 0.25) is 10.2 Å². The number of hydrogen-bond donors (Lipinski definition) is 0. The Labute approximate surface area is 198 Å². The Bertz CT molecular complexity index is 1460. The molecule has 5 aromatic rings. The number of ether oxygens (including phenoxy) is 1. The Morgan fingerprint density at radius 1 is 1.09 bits per heavy atom. The van der Waals surface area contributed by atoms with E-state index >= 15 is 0 Å². The van der Waals surface area contributed by atoms with Crippen LogP contribution in [0.25, 0.3) is 22.4 Å². The van der Waals surface area contributed by atoms with Gasteiger partial charge in [-0.05, 0) is 48.0 Å². The van der Waals surface area contributed by atoms with Gasteiger partial charge in [-0.25, -0.2) is 0 Å². The van der Waals surface area contributed by atoms with Crippen LogP contribution in [-0.4, -0.2) is 32.6 Å². The molecule has 0 saturated heterocycles. The van der Waals surface area contributed by atoms with Crippen molar-refractivity contribution in [1.82, 2.24) is 19.7 Å². The van der Waals surface area contributed by atoms with Crippen LogP contribution in [0.3, 0.4) is 0 Å². The topological polar surface area (TPSA) is 83.0 Å². The summed E-state index contributed by atoms with van der Waals surface area (Å²) in [5, 5.41) is 5.43. The molecule has 33 heavy (non-hydrogen) atoms. The van der Waals surface area contributed by atoms with Crippen molar-refractivity contribution in [2.24, 2.45) is 0 Å². The molecule has 0 bridgehead atoms. The second kappa shape index (κ2) is 8.69. The van der Waals surface area contributed by atoms with Gasteiger partial charge in [0.25, 0.3) is 11.7 Å². The summed E-state index contributed by atoms with van der Waals surface area (Å²) < 4.78 is 12.5. The molecule has 0 spiro atoms. The molecule has 9 heteroatoms. The number of halogens is 2. The number of hydrogen-bond acceptors (Lipinski definition) is 6. The highest BCUT2D eigenvalue weighted by Gasteiger charge is 2.27.